The molecule has 0 aliphatic heterocycles. The van der Waals surface area contributed by atoms with Crippen LogP contribution in [-0.2, 0) is 20.9 Å². The van der Waals surface area contributed by atoms with Crippen LogP contribution in [-0.4, -0.2) is 24.3 Å². The first-order valence-corrected chi connectivity index (χ1v) is 5.82. The molecule has 19 heavy (non-hydrogen) atoms. The second-order valence-corrected chi connectivity index (χ2v) is 3.95. The lowest BCUT2D eigenvalue weighted by atomic mass is 10.2. The van der Waals surface area contributed by atoms with Crippen molar-refractivity contribution in [2.24, 2.45) is 5.73 Å². The zero-order valence-electron chi connectivity index (χ0n) is 10.4. The van der Waals surface area contributed by atoms with Gasteiger partial charge < -0.3 is 20.6 Å². The second-order valence-electron chi connectivity index (χ2n) is 3.95. The lowest BCUT2D eigenvalue weighted by Gasteiger charge is -2.12. The lowest BCUT2D eigenvalue weighted by molar-refractivity contribution is -0.118. The van der Waals surface area contributed by atoms with Crippen molar-refractivity contribution in [2.45, 2.75) is 25.5 Å². The molecule has 0 fully saturated rings. The summed E-state index contributed by atoms with van der Waals surface area (Å²) in [4.78, 5) is 32.7. The van der Waals surface area contributed by atoms with Crippen molar-refractivity contribution in [3.63, 3.8) is 0 Å². The Morgan fingerprint density at radius 1 is 1.32 bits per heavy atom. The van der Waals surface area contributed by atoms with Crippen molar-refractivity contribution in [3.8, 4) is 0 Å². The summed E-state index contributed by atoms with van der Waals surface area (Å²) in [5.74, 6) is -0.522. The number of primary amides is 1. The smallest absolute Gasteiger partial charge is 0.408 e. The number of nitrogens with two attached hydrogens (primary N) is 1. The lowest BCUT2D eigenvalue weighted by Crippen LogP contribution is -2.37. The predicted molar refractivity (Wildman–Crippen MR) is 68.0 cm³/mol. The number of amides is 2. The molecule has 2 amide bonds. The molecule has 0 heterocycles. The van der Waals surface area contributed by atoms with Crippen LogP contribution in [0.25, 0.3) is 0 Å². The summed E-state index contributed by atoms with van der Waals surface area (Å²) < 4.78 is 4.94. The van der Waals surface area contributed by atoms with Crippen molar-refractivity contribution in [3.05, 3.63) is 35.9 Å². The zero-order chi connectivity index (χ0) is 14.1. The van der Waals surface area contributed by atoms with E-state index in [2.05, 4.69) is 5.32 Å². The van der Waals surface area contributed by atoms with E-state index < -0.39 is 18.0 Å². The van der Waals surface area contributed by atoms with Gasteiger partial charge in [-0.15, -0.1) is 0 Å². The molecule has 0 saturated carbocycles. The van der Waals surface area contributed by atoms with Gasteiger partial charge in [-0.05, 0) is 12.0 Å². The molecular formula is C13H16N2O4. The van der Waals surface area contributed by atoms with Gasteiger partial charge in [0, 0.05) is 6.42 Å². The number of hydrogen-bond donors (Lipinski definition) is 2. The Bertz CT molecular complexity index is 434. The molecular weight excluding hydrogens is 248 g/mol. The van der Waals surface area contributed by atoms with Gasteiger partial charge in [0.05, 0.1) is 6.04 Å². The Kier molecular flexibility index (Phi) is 6.08. The minimum absolute atomic E-state index is 0.0301. The molecule has 1 rings (SSSR count). The molecule has 0 saturated heterocycles. The van der Waals surface area contributed by atoms with Gasteiger partial charge in [-0.25, -0.2) is 4.79 Å². The number of carbonyl (C=O) groups is 3. The molecule has 3 N–H and O–H groups in total. The Morgan fingerprint density at radius 2 is 2.00 bits per heavy atom. The summed E-state index contributed by atoms with van der Waals surface area (Å²) in [5.41, 5.74) is 5.81. The van der Waals surface area contributed by atoms with E-state index in [1.807, 2.05) is 30.3 Å². The van der Waals surface area contributed by atoms with Gasteiger partial charge in [0.25, 0.3) is 0 Å². The van der Waals surface area contributed by atoms with Crippen molar-refractivity contribution in [2.75, 3.05) is 0 Å². The first kappa shape index (κ1) is 14.7. The normalized spacial score (nSPS) is 11.4. The summed E-state index contributed by atoms with van der Waals surface area (Å²) in [5, 5.41) is 2.36. The fourth-order valence-electron chi connectivity index (χ4n) is 1.39. The van der Waals surface area contributed by atoms with Gasteiger partial charge in [-0.2, -0.15) is 0 Å². The van der Waals surface area contributed by atoms with Crippen LogP contribution in [0.1, 0.15) is 18.4 Å². The molecule has 1 unspecified atom stereocenters. The monoisotopic (exact) mass is 264 g/mol. The van der Waals surface area contributed by atoms with Crippen LogP contribution in [0.15, 0.2) is 30.3 Å². The van der Waals surface area contributed by atoms with Crippen molar-refractivity contribution in [1.29, 1.82) is 0 Å². The third-order valence-electron chi connectivity index (χ3n) is 2.38. The average molecular weight is 264 g/mol. The van der Waals surface area contributed by atoms with Crippen LogP contribution in [0.5, 0.6) is 0 Å². The first-order valence-electron chi connectivity index (χ1n) is 5.82. The topological polar surface area (TPSA) is 98.5 Å². The van der Waals surface area contributed by atoms with Crippen molar-refractivity contribution >= 4 is 18.3 Å². The highest BCUT2D eigenvalue weighted by molar-refractivity contribution is 5.76. The molecule has 6 heteroatoms. The Balaban J connectivity index is 2.32. The highest BCUT2D eigenvalue weighted by Crippen LogP contribution is 2.01. The van der Waals surface area contributed by atoms with Crippen molar-refractivity contribution < 1.29 is 19.1 Å². The molecule has 0 bridgehead atoms. The molecule has 0 spiro atoms. The van der Waals surface area contributed by atoms with E-state index in [9.17, 15) is 14.4 Å². The van der Waals surface area contributed by atoms with E-state index >= 15 is 0 Å². The maximum atomic E-state index is 11.4. The molecule has 1 atom stereocenters. The third kappa shape index (κ3) is 6.21. The summed E-state index contributed by atoms with van der Waals surface area (Å²) >= 11 is 0. The molecule has 1 aromatic carbocycles. The molecule has 0 aliphatic carbocycles. The van der Waals surface area contributed by atoms with E-state index in [-0.39, 0.29) is 19.4 Å². The fraction of sp³-hybridized carbons (Fsp3) is 0.308. The molecule has 0 radical (unpaired) electrons. The summed E-state index contributed by atoms with van der Waals surface area (Å²) in [6.45, 7) is 0.119. The quantitative estimate of drug-likeness (QED) is 0.710. The Morgan fingerprint density at radius 3 is 2.58 bits per heavy atom. The summed E-state index contributed by atoms with van der Waals surface area (Å²) in [6.07, 6.45) is 0.0411. The Hall–Kier alpha value is -2.37. The van der Waals surface area contributed by atoms with E-state index in [0.29, 0.717) is 6.29 Å². The van der Waals surface area contributed by atoms with E-state index in [1.165, 1.54) is 0 Å². The van der Waals surface area contributed by atoms with Gasteiger partial charge in [0.15, 0.2) is 0 Å². The SMILES string of the molecule is NC(=O)CCC(C=O)NC(=O)OCc1ccccc1. The predicted octanol–water partition coefficient (Wildman–Crippen LogP) is 0.746. The molecule has 0 aliphatic rings. The number of carbonyl (C=O) groups excluding carboxylic acids is 3. The first-order chi connectivity index (χ1) is 9.11. The van der Waals surface area contributed by atoms with E-state index in [0.717, 1.165) is 5.56 Å². The van der Waals surface area contributed by atoms with Crippen LogP contribution in [0.3, 0.4) is 0 Å². The molecule has 6 nitrogen and oxygen atoms in total. The number of ether oxygens (including phenoxy) is 1. The number of benzene rings is 1. The van der Waals surface area contributed by atoms with Crippen LogP contribution in [0.2, 0.25) is 0 Å². The number of rotatable bonds is 7. The maximum absolute atomic E-state index is 11.4. The summed E-state index contributed by atoms with van der Waals surface area (Å²) in [7, 11) is 0. The van der Waals surface area contributed by atoms with Crippen LogP contribution in [0, 0.1) is 0 Å². The van der Waals surface area contributed by atoms with Crippen molar-refractivity contribution in [1.82, 2.24) is 5.32 Å². The minimum Gasteiger partial charge on any atom is -0.445 e. The van der Waals surface area contributed by atoms with Gasteiger partial charge in [0.2, 0.25) is 5.91 Å². The fourth-order valence-corrected chi connectivity index (χ4v) is 1.39. The average Bonchev–Trinajstić information content (AvgIpc) is 2.42. The second kappa shape index (κ2) is 7.86. The molecule has 0 aromatic heterocycles. The maximum Gasteiger partial charge on any atom is 0.408 e. The Labute approximate surface area is 110 Å². The van der Waals surface area contributed by atoms with E-state index in [4.69, 9.17) is 10.5 Å². The largest absolute Gasteiger partial charge is 0.445 e. The van der Waals surface area contributed by atoms with Gasteiger partial charge in [0.1, 0.15) is 12.9 Å². The number of hydrogen-bond acceptors (Lipinski definition) is 4. The van der Waals surface area contributed by atoms with Crippen LogP contribution < -0.4 is 11.1 Å². The van der Waals surface area contributed by atoms with Gasteiger partial charge in [-0.3, -0.25) is 4.79 Å². The number of nitrogens with one attached hydrogen (secondary N) is 1. The standard InChI is InChI=1S/C13H16N2O4/c14-12(17)7-6-11(8-16)15-13(18)19-9-10-4-2-1-3-5-10/h1-5,8,11H,6-7,9H2,(H2,14,17)(H,15,18). The summed E-state index contributed by atoms with van der Waals surface area (Å²) in [6, 6.07) is 8.39. The molecule has 102 valence electrons. The van der Waals surface area contributed by atoms with Crippen LogP contribution in [0.4, 0.5) is 4.79 Å². The molecule has 1 aromatic rings. The highest BCUT2D eigenvalue weighted by Gasteiger charge is 2.13. The third-order valence-corrected chi connectivity index (χ3v) is 2.38. The number of alkyl carbamates (subject to hydrolysis) is 1. The van der Waals surface area contributed by atoms with E-state index in [1.54, 1.807) is 0 Å². The highest BCUT2D eigenvalue weighted by atomic mass is 16.5. The minimum atomic E-state index is -0.768. The van der Waals surface area contributed by atoms with Crippen LogP contribution >= 0.6 is 0 Å². The number of aldehydes is 1. The zero-order valence-corrected chi connectivity index (χ0v) is 10.4. The van der Waals surface area contributed by atoms with Gasteiger partial charge in [-0.1, -0.05) is 30.3 Å². The van der Waals surface area contributed by atoms with Gasteiger partial charge >= 0.3 is 6.09 Å².